The standard InChI is InChI=1S/C15H10ClN3O/c16-12-9-5-4-8-11(12)14-17-13(18-15(20)19-14)10-6-2-1-3-7-10/h1-9H,(H,17,18,19,20). The number of halogens is 1. The van der Waals surface area contributed by atoms with Crippen molar-refractivity contribution >= 4 is 11.6 Å². The molecule has 98 valence electrons. The number of benzene rings is 2. The molecule has 20 heavy (non-hydrogen) atoms. The zero-order chi connectivity index (χ0) is 13.9. The Balaban J connectivity index is 2.18. The van der Waals surface area contributed by atoms with Crippen LogP contribution in [0, 0.1) is 0 Å². The van der Waals surface area contributed by atoms with Crippen molar-refractivity contribution < 1.29 is 0 Å². The molecule has 0 aliphatic carbocycles. The van der Waals surface area contributed by atoms with Crippen molar-refractivity contribution in [2.24, 2.45) is 0 Å². The van der Waals surface area contributed by atoms with Gasteiger partial charge in [-0.15, -0.1) is 0 Å². The molecular formula is C15H10ClN3O. The summed E-state index contributed by atoms with van der Waals surface area (Å²) in [5, 5.41) is 0.511. The summed E-state index contributed by atoms with van der Waals surface area (Å²) in [7, 11) is 0. The molecule has 0 aliphatic rings. The van der Waals surface area contributed by atoms with Gasteiger partial charge in [0, 0.05) is 11.1 Å². The van der Waals surface area contributed by atoms with E-state index in [0.717, 1.165) is 5.56 Å². The Bertz CT molecular complexity index is 799. The molecule has 1 N–H and O–H groups in total. The molecule has 0 atom stereocenters. The number of hydrogen-bond donors (Lipinski definition) is 1. The van der Waals surface area contributed by atoms with E-state index in [-0.39, 0.29) is 0 Å². The molecule has 0 fully saturated rings. The number of nitrogens with zero attached hydrogens (tertiary/aromatic N) is 2. The maximum atomic E-state index is 11.7. The molecule has 0 saturated carbocycles. The monoisotopic (exact) mass is 283 g/mol. The number of nitrogens with one attached hydrogen (secondary N) is 1. The normalized spacial score (nSPS) is 10.4. The molecule has 1 heterocycles. The number of aromatic nitrogens is 3. The zero-order valence-corrected chi connectivity index (χ0v) is 11.1. The second-order valence-corrected chi connectivity index (χ2v) is 4.58. The quantitative estimate of drug-likeness (QED) is 0.786. The predicted octanol–water partition coefficient (Wildman–Crippen LogP) is 3.15. The molecular weight excluding hydrogens is 274 g/mol. The third kappa shape index (κ3) is 2.46. The summed E-state index contributed by atoms with van der Waals surface area (Å²) in [5.41, 5.74) is 1.01. The highest BCUT2D eigenvalue weighted by Gasteiger charge is 2.09. The average molecular weight is 284 g/mol. The average Bonchev–Trinajstić information content (AvgIpc) is 2.48. The molecule has 3 aromatic rings. The Morgan fingerprint density at radius 2 is 1.60 bits per heavy atom. The van der Waals surface area contributed by atoms with E-state index >= 15 is 0 Å². The van der Waals surface area contributed by atoms with Gasteiger partial charge in [-0.05, 0) is 12.1 Å². The van der Waals surface area contributed by atoms with E-state index < -0.39 is 5.69 Å². The highest BCUT2D eigenvalue weighted by atomic mass is 35.5. The van der Waals surface area contributed by atoms with Gasteiger partial charge < -0.3 is 0 Å². The van der Waals surface area contributed by atoms with E-state index in [1.165, 1.54) is 0 Å². The van der Waals surface area contributed by atoms with Crippen LogP contribution in [-0.4, -0.2) is 15.0 Å². The molecule has 0 radical (unpaired) electrons. The van der Waals surface area contributed by atoms with Crippen LogP contribution >= 0.6 is 11.6 Å². The van der Waals surface area contributed by atoms with E-state index in [0.29, 0.717) is 22.2 Å². The van der Waals surface area contributed by atoms with Crippen LogP contribution in [0.4, 0.5) is 0 Å². The van der Waals surface area contributed by atoms with E-state index in [4.69, 9.17) is 11.6 Å². The van der Waals surface area contributed by atoms with Crippen molar-refractivity contribution in [2.75, 3.05) is 0 Å². The van der Waals surface area contributed by atoms with Crippen LogP contribution in [0.15, 0.2) is 59.4 Å². The van der Waals surface area contributed by atoms with Crippen molar-refractivity contribution in [3.8, 4) is 22.8 Å². The topological polar surface area (TPSA) is 58.6 Å². The Morgan fingerprint density at radius 1 is 0.900 bits per heavy atom. The van der Waals surface area contributed by atoms with Gasteiger partial charge in [-0.25, -0.2) is 9.78 Å². The van der Waals surface area contributed by atoms with Gasteiger partial charge in [0.15, 0.2) is 5.82 Å². The molecule has 0 spiro atoms. The molecule has 0 aliphatic heterocycles. The van der Waals surface area contributed by atoms with Gasteiger partial charge in [0.1, 0.15) is 5.82 Å². The third-order valence-electron chi connectivity index (χ3n) is 2.81. The maximum Gasteiger partial charge on any atom is 0.348 e. The Labute approximate surface area is 120 Å². The summed E-state index contributed by atoms with van der Waals surface area (Å²) in [4.78, 5) is 22.6. The second-order valence-electron chi connectivity index (χ2n) is 4.17. The van der Waals surface area contributed by atoms with Gasteiger partial charge in [-0.3, -0.25) is 4.98 Å². The first kappa shape index (κ1) is 12.6. The van der Waals surface area contributed by atoms with Gasteiger partial charge in [-0.2, -0.15) is 4.98 Å². The molecule has 0 bridgehead atoms. The lowest BCUT2D eigenvalue weighted by molar-refractivity contribution is 1.00. The summed E-state index contributed by atoms with van der Waals surface area (Å²) in [5.74, 6) is 0.790. The van der Waals surface area contributed by atoms with Crippen LogP contribution in [-0.2, 0) is 0 Å². The van der Waals surface area contributed by atoms with E-state index in [1.54, 1.807) is 12.1 Å². The summed E-state index contributed by atoms with van der Waals surface area (Å²) in [6.45, 7) is 0. The highest BCUT2D eigenvalue weighted by molar-refractivity contribution is 6.33. The van der Waals surface area contributed by atoms with Crippen molar-refractivity contribution in [3.05, 3.63) is 70.1 Å². The fourth-order valence-corrected chi connectivity index (χ4v) is 2.10. The number of hydrogen-bond acceptors (Lipinski definition) is 3. The van der Waals surface area contributed by atoms with Crippen LogP contribution in [0.25, 0.3) is 22.8 Å². The lowest BCUT2D eigenvalue weighted by Gasteiger charge is -2.05. The molecule has 0 amide bonds. The van der Waals surface area contributed by atoms with Crippen LogP contribution in [0.3, 0.4) is 0 Å². The summed E-state index contributed by atoms with van der Waals surface area (Å²) >= 11 is 6.12. The van der Waals surface area contributed by atoms with Crippen molar-refractivity contribution in [2.45, 2.75) is 0 Å². The molecule has 0 unspecified atom stereocenters. The number of rotatable bonds is 2. The second kappa shape index (κ2) is 5.27. The van der Waals surface area contributed by atoms with Gasteiger partial charge in [0.2, 0.25) is 0 Å². The first-order valence-electron chi connectivity index (χ1n) is 6.03. The molecule has 3 rings (SSSR count). The first-order valence-corrected chi connectivity index (χ1v) is 6.40. The van der Waals surface area contributed by atoms with Crippen LogP contribution < -0.4 is 5.69 Å². The van der Waals surface area contributed by atoms with Crippen molar-refractivity contribution in [3.63, 3.8) is 0 Å². The lowest BCUT2D eigenvalue weighted by atomic mass is 10.2. The summed E-state index contributed by atoms with van der Waals surface area (Å²) < 4.78 is 0. The van der Waals surface area contributed by atoms with E-state index in [2.05, 4.69) is 15.0 Å². The predicted molar refractivity (Wildman–Crippen MR) is 78.5 cm³/mol. The smallest absolute Gasteiger partial charge is 0.290 e. The lowest BCUT2D eigenvalue weighted by Crippen LogP contribution is -2.14. The first-order chi connectivity index (χ1) is 9.74. The maximum absolute atomic E-state index is 11.7. The van der Waals surface area contributed by atoms with Crippen molar-refractivity contribution in [1.29, 1.82) is 0 Å². The van der Waals surface area contributed by atoms with Crippen LogP contribution in [0.5, 0.6) is 0 Å². The Hall–Kier alpha value is -2.46. The molecule has 5 heteroatoms. The highest BCUT2D eigenvalue weighted by Crippen LogP contribution is 2.24. The van der Waals surface area contributed by atoms with Crippen molar-refractivity contribution in [1.82, 2.24) is 15.0 Å². The Morgan fingerprint density at radius 3 is 2.35 bits per heavy atom. The fourth-order valence-electron chi connectivity index (χ4n) is 1.88. The molecule has 0 saturated heterocycles. The largest absolute Gasteiger partial charge is 0.348 e. The molecule has 2 aromatic carbocycles. The van der Waals surface area contributed by atoms with Gasteiger partial charge in [0.05, 0.1) is 5.02 Å². The summed E-state index contributed by atoms with van der Waals surface area (Å²) in [6.07, 6.45) is 0. The fraction of sp³-hybridized carbons (Fsp3) is 0. The third-order valence-corrected chi connectivity index (χ3v) is 3.14. The van der Waals surface area contributed by atoms with E-state index in [1.807, 2.05) is 42.5 Å². The number of H-pyrrole nitrogens is 1. The van der Waals surface area contributed by atoms with Gasteiger partial charge >= 0.3 is 5.69 Å². The van der Waals surface area contributed by atoms with E-state index in [9.17, 15) is 4.79 Å². The van der Waals surface area contributed by atoms with Crippen LogP contribution in [0.2, 0.25) is 5.02 Å². The minimum atomic E-state index is -0.450. The van der Waals surface area contributed by atoms with Gasteiger partial charge in [0.25, 0.3) is 0 Å². The minimum Gasteiger partial charge on any atom is -0.290 e. The Kier molecular flexibility index (Phi) is 3.31. The SMILES string of the molecule is O=c1nc(-c2ccccc2Cl)nc(-c2ccccc2)[nH]1. The molecule has 1 aromatic heterocycles. The van der Waals surface area contributed by atoms with Crippen LogP contribution in [0.1, 0.15) is 0 Å². The number of aromatic amines is 1. The minimum absolute atomic E-state index is 0.318. The zero-order valence-electron chi connectivity index (χ0n) is 10.4. The molecule has 4 nitrogen and oxygen atoms in total. The van der Waals surface area contributed by atoms with Gasteiger partial charge in [-0.1, -0.05) is 54.1 Å². The summed E-state index contributed by atoms with van der Waals surface area (Å²) in [6, 6.07) is 16.6.